The number of rotatable bonds is 10. The van der Waals surface area contributed by atoms with Crippen LogP contribution >= 0.6 is 27.5 Å². The van der Waals surface area contributed by atoms with Crippen LogP contribution in [0.25, 0.3) is 22.3 Å². The molecule has 5 rings (SSSR count). The second-order valence-corrected chi connectivity index (χ2v) is 10.3. The summed E-state index contributed by atoms with van der Waals surface area (Å²) in [5.74, 6) is 0.321. The Balaban J connectivity index is 1.62. The van der Waals surface area contributed by atoms with Crippen LogP contribution < -0.4 is 0 Å². The van der Waals surface area contributed by atoms with E-state index in [4.69, 9.17) is 20.8 Å². The third-order valence-corrected chi connectivity index (χ3v) is 7.83. The van der Waals surface area contributed by atoms with Gasteiger partial charge in [-0.15, -0.1) is 0 Å². The average molecular weight is 606 g/mol. The first-order valence-electron chi connectivity index (χ1n) is 12.7. The van der Waals surface area contributed by atoms with Crippen LogP contribution in [0.4, 0.5) is 0 Å². The van der Waals surface area contributed by atoms with Crippen molar-refractivity contribution in [3.63, 3.8) is 0 Å². The predicted octanol–water partition coefficient (Wildman–Crippen LogP) is 8.22. The van der Waals surface area contributed by atoms with Crippen LogP contribution in [0.2, 0.25) is 5.15 Å². The Morgan fingerprint density at radius 1 is 1.08 bits per heavy atom. The summed E-state index contributed by atoms with van der Waals surface area (Å²) in [5, 5.41) is 0.187. The van der Waals surface area contributed by atoms with Gasteiger partial charge in [0.05, 0.1) is 24.6 Å². The van der Waals surface area contributed by atoms with Gasteiger partial charge in [-0.1, -0.05) is 73.5 Å². The van der Waals surface area contributed by atoms with Gasteiger partial charge in [0.2, 0.25) is 0 Å². The maximum atomic E-state index is 13.3. The minimum Gasteiger partial charge on any atom is -0.472 e. The number of benzene rings is 2. The normalized spacial score (nSPS) is 11.2. The van der Waals surface area contributed by atoms with Crippen LogP contribution in [-0.2, 0) is 24.3 Å². The average Bonchev–Trinajstić information content (AvgIpc) is 3.43. The lowest BCUT2D eigenvalue weighted by Crippen LogP contribution is -2.11. The molecule has 0 atom stereocenters. The first-order valence-corrected chi connectivity index (χ1v) is 13.9. The number of imidazole rings is 1. The van der Waals surface area contributed by atoms with Crippen molar-refractivity contribution in [2.45, 2.75) is 39.3 Å². The molecule has 1 aliphatic heterocycles. The van der Waals surface area contributed by atoms with Gasteiger partial charge < -0.3 is 13.7 Å². The van der Waals surface area contributed by atoms with Crippen LogP contribution in [0.15, 0.2) is 82.1 Å². The van der Waals surface area contributed by atoms with Gasteiger partial charge in [-0.25, -0.2) is 9.78 Å². The largest absolute Gasteiger partial charge is 0.472 e. The maximum Gasteiger partial charge on any atom is 0.339 e. The Morgan fingerprint density at radius 2 is 1.85 bits per heavy atom. The van der Waals surface area contributed by atoms with E-state index >= 15 is 0 Å². The number of aldehydes is 1. The zero-order valence-corrected chi connectivity index (χ0v) is 23.7. The van der Waals surface area contributed by atoms with Gasteiger partial charge in [0, 0.05) is 22.0 Å². The number of hydrogen-bond donors (Lipinski definition) is 0. The number of carbonyl (C=O) groups excluding carboxylic acids is 2. The van der Waals surface area contributed by atoms with Gasteiger partial charge in [-0.2, -0.15) is 0 Å². The van der Waals surface area contributed by atoms with Gasteiger partial charge in [-0.05, 0) is 56.7 Å². The Hall–Kier alpha value is -3.68. The fourth-order valence-electron chi connectivity index (χ4n) is 4.78. The molecule has 0 fully saturated rings. The number of aryl methyl sites for hydroxylation is 1. The van der Waals surface area contributed by atoms with Gasteiger partial charge in [0.15, 0.2) is 11.4 Å². The third-order valence-electron chi connectivity index (χ3n) is 6.72. The second-order valence-electron chi connectivity index (χ2n) is 9.17. The van der Waals surface area contributed by atoms with Gasteiger partial charge in [0.1, 0.15) is 18.1 Å². The molecule has 198 valence electrons. The molecule has 0 saturated carbocycles. The van der Waals surface area contributed by atoms with Crippen molar-refractivity contribution in [2.24, 2.45) is 0 Å². The summed E-state index contributed by atoms with van der Waals surface area (Å²) in [6, 6.07) is 18.8. The highest BCUT2D eigenvalue weighted by atomic mass is 79.9. The molecular formula is C31H26BrClN2O4. The number of aromatic nitrogens is 2. The summed E-state index contributed by atoms with van der Waals surface area (Å²) >= 11 is 10.2. The minimum atomic E-state index is -0.426. The van der Waals surface area contributed by atoms with Crippen molar-refractivity contribution in [2.75, 3.05) is 0 Å². The smallest absolute Gasteiger partial charge is 0.339 e. The van der Waals surface area contributed by atoms with Crippen molar-refractivity contribution < 1.29 is 18.7 Å². The monoisotopic (exact) mass is 604 g/mol. The van der Waals surface area contributed by atoms with E-state index in [-0.39, 0.29) is 11.8 Å². The first-order chi connectivity index (χ1) is 19.0. The quantitative estimate of drug-likeness (QED) is 0.118. The fourth-order valence-corrected chi connectivity index (χ4v) is 5.79. The molecule has 0 amide bonds. The molecule has 39 heavy (non-hydrogen) atoms. The zero-order valence-electron chi connectivity index (χ0n) is 21.3. The number of carbonyl (C=O) groups is 2. The Kier molecular flexibility index (Phi) is 8.29. The molecule has 0 N–H and O–H groups in total. The molecule has 1 aromatic heterocycles. The number of fused-ring (bicyclic) bond motifs is 1. The lowest BCUT2D eigenvalue weighted by Gasteiger charge is -2.15. The van der Waals surface area contributed by atoms with Crippen LogP contribution in [-0.4, -0.2) is 21.8 Å². The van der Waals surface area contributed by atoms with E-state index in [9.17, 15) is 9.59 Å². The number of hydrogen-bond acceptors (Lipinski definition) is 5. The third kappa shape index (κ3) is 5.42. The topological polar surface area (TPSA) is 74.3 Å². The van der Waals surface area contributed by atoms with Gasteiger partial charge in [0.25, 0.3) is 0 Å². The molecule has 0 radical (unpaired) electrons. The molecule has 2 aromatic carbocycles. The van der Waals surface area contributed by atoms with Crippen molar-refractivity contribution >= 4 is 39.8 Å². The molecule has 0 unspecified atom stereocenters. The van der Waals surface area contributed by atoms with E-state index in [1.54, 1.807) is 18.6 Å². The van der Waals surface area contributed by atoms with Gasteiger partial charge in [-0.3, -0.25) is 4.79 Å². The first kappa shape index (κ1) is 26.9. The van der Waals surface area contributed by atoms with Crippen LogP contribution in [0.5, 0.6) is 0 Å². The summed E-state index contributed by atoms with van der Waals surface area (Å²) in [6.45, 7) is 2.61. The number of ether oxygens (including phenoxy) is 1. The lowest BCUT2D eigenvalue weighted by molar-refractivity contribution is 0.0473. The van der Waals surface area contributed by atoms with E-state index in [1.807, 2.05) is 59.2 Å². The number of nitrogens with zero attached hydrogens (tertiary/aromatic N) is 2. The molecule has 8 heteroatoms. The highest BCUT2D eigenvalue weighted by Crippen LogP contribution is 2.47. The van der Waals surface area contributed by atoms with E-state index in [1.165, 1.54) is 0 Å². The fraction of sp³-hybridized carbons (Fsp3) is 0.194. The lowest BCUT2D eigenvalue weighted by atomic mass is 9.97. The standard InChI is InChI=1S/C31H26BrClN2O4/c1-2-3-13-27-34-30(33)26(17-36)35(27)16-24-21-14-15-38-19-25(21)29(32)28(24)22-11-7-8-12-23(22)31(37)39-18-20-9-5-4-6-10-20/h4-12,14-15,17,19H,2-3,13,16,18H2,1H3. The molecule has 1 aliphatic carbocycles. The van der Waals surface area contributed by atoms with Gasteiger partial charge >= 0.3 is 5.97 Å². The summed E-state index contributed by atoms with van der Waals surface area (Å²) in [4.78, 5) is 29.9. The van der Waals surface area contributed by atoms with Crippen molar-refractivity contribution in [3.8, 4) is 22.3 Å². The van der Waals surface area contributed by atoms with E-state index in [0.717, 1.165) is 57.2 Å². The Labute approximate surface area is 240 Å². The molecular weight excluding hydrogens is 580 g/mol. The molecule has 3 aromatic rings. The number of esters is 1. The second kappa shape index (κ2) is 12.0. The molecule has 0 bridgehead atoms. The van der Waals surface area contributed by atoms with Crippen molar-refractivity contribution in [1.29, 1.82) is 0 Å². The van der Waals surface area contributed by atoms with E-state index in [0.29, 0.717) is 29.8 Å². The summed E-state index contributed by atoms with van der Waals surface area (Å²) in [6.07, 6.45) is 6.62. The maximum absolute atomic E-state index is 13.3. The van der Waals surface area contributed by atoms with Crippen molar-refractivity contribution in [1.82, 2.24) is 9.55 Å². The summed E-state index contributed by atoms with van der Waals surface area (Å²) < 4.78 is 13.9. The minimum absolute atomic E-state index is 0.168. The van der Waals surface area contributed by atoms with Crippen LogP contribution in [0.3, 0.4) is 0 Å². The molecule has 0 saturated heterocycles. The number of unbranched alkanes of at least 4 members (excludes halogenated alkanes) is 1. The highest BCUT2D eigenvalue weighted by molar-refractivity contribution is 9.10. The summed E-state index contributed by atoms with van der Waals surface area (Å²) in [7, 11) is 0. The van der Waals surface area contributed by atoms with E-state index < -0.39 is 5.97 Å². The molecule has 0 spiro atoms. The summed E-state index contributed by atoms with van der Waals surface area (Å²) in [5.41, 5.74) is 5.89. The SMILES string of the molecule is CCCCc1nc(Cl)c(C=O)n1Cc1c2ccocc-2c(Br)c1-c1ccccc1C(=O)OCc1ccccc1. The zero-order chi connectivity index (χ0) is 27.4. The predicted molar refractivity (Wildman–Crippen MR) is 154 cm³/mol. The van der Waals surface area contributed by atoms with E-state index in [2.05, 4.69) is 27.8 Å². The van der Waals surface area contributed by atoms with Crippen LogP contribution in [0, 0.1) is 0 Å². The molecule has 6 nitrogen and oxygen atoms in total. The Bertz CT molecular complexity index is 1590. The van der Waals surface area contributed by atoms with Crippen LogP contribution in [0.1, 0.15) is 57.6 Å². The van der Waals surface area contributed by atoms with Crippen molar-refractivity contribution in [3.05, 3.63) is 111 Å². The number of halogens is 2. The molecule has 2 heterocycles. The highest BCUT2D eigenvalue weighted by Gasteiger charge is 2.28. The molecule has 2 aliphatic rings. The Morgan fingerprint density at radius 3 is 2.62 bits per heavy atom.